The van der Waals surface area contributed by atoms with Gasteiger partial charge in [-0.3, -0.25) is 4.98 Å². The molecule has 0 fully saturated rings. The molecule has 0 aliphatic carbocycles. The third kappa shape index (κ3) is 4.34. The number of sulfonamides is 1. The lowest BCUT2D eigenvalue weighted by Gasteiger charge is -2.07. The Balaban J connectivity index is 1.54. The van der Waals surface area contributed by atoms with Crippen LogP contribution in [0.5, 0.6) is 0 Å². The molecule has 0 atom stereocenters. The Bertz CT molecular complexity index is 1020. The fourth-order valence-electron chi connectivity index (χ4n) is 2.49. The second-order valence-corrected chi connectivity index (χ2v) is 7.42. The lowest BCUT2D eigenvalue weighted by molar-refractivity contribution is 0.553. The second kappa shape index (κ2) is 7.20. The predicted octanol–water partition coefficient (Wildman–Crippen LogP) is 2.56. The van der Waals surface area contributed by atoms with Crippen molar-refractivity contribution in [3.05, 3.63) is 64.4 Å². The lowest BCUT2D eigenvalue weighted by atomic mass is 10.1. The second-order valence-electron chi connectivity index (χ2n) is 5.65. The molecule has 2 aromatic carbocycles. The molecular weight excluding hydrogens is 347 g/mol. The summed E-state index contributed by atoms with van der Waals surface area (Å²) in [7, 11) is -3.67. The zero-order valence-corrected chi connectivity index (χ0v) is 14.1. The summed E-state index contributed by atoms with van der Waals surface area (Å²) in [5, 5.41) is 0. The molecule has 0 saturated carbocycles. The van der Waals surface area contributed by atoms with Crippen molar-refractivity contribution in [3.8, 4) is 0 Å². The van der Waals surface area contributed by atoms with E-state index in [1.54, 1.807) is 12.1 Å². The van der Waals surface area contributed by atoms with Crippen molar-refractivity contribution in [2.75, 3.05) is 6.54 Å². The molecule has 0 aliphatic heterocycles. The molecule has 0 bridgehead atoms. The monoisotopic (exact) mass is 364 g/mol. The van der Waals surface area contributed by atoms with Crippen LogP contribution < -0.4 is 10.5 Å². The van der Waals surface area contributed by atoms with E-state index in [0.29, 0.717) is 18.5 Å². The quantitative estimate of drug-likeness (QED) is 0.630. The minimum absolute atomic E-state index is 0.0429. The van der Waals surface area contributed by atoms with Gasteiger partial charge in [0.1, 0.15) is 5.82 Å². The number of aromatic nitrogens is 1. The summed E-state index contributed by atoms with van der Waals surface area (Å²) >= 11 is 0. The summed E-state index contributed by atoms with van der Waals surface area (Å²) in [5.74, 6) is -0.898. The van der Waals surface area contributed by atoms with Gasteiger partial charge in [-0.05, 0) is 49.1 Å². The SMILES string of the molecule is O=c1[nH]c2ccc(S(=O)(=O)NCCCCc3ccc(F)cc3)cc2o1. The van der Waals surface area contributed by atoms with Crippen LogP contribution in [-0.2, 0) is 16.4 Å². The first-order chi connectivity index (χ1) is 11.9. The van der Waals surface area contributed by atoms with Crippen LogP contribution in [0.15, 0.2) is 56.6 Å². The maximum atomic E-state index is 12.8. The number of oxazole rings is 1. The Morgan fingerprint density at radius 2 is 1.84 bits per heavy atom. The largest absolute Gasteiger partial charge is 0.417 e. The summed E-state index contributed by atoms with van der Waals surface area (Å²) in [6.07, 6.45) is 2.18. The highest BCUT2D eigenvalue weighted by molar-refractivity contribution is 7.89. The van der Waals surface area contributed by atoms with Crippen LogP contribution in [0.2, 0.25) is 0 Å². The Hall–Kier alpha value is -2.45. The Morgan fingerprint density at radius 1 is 1.08 bits per heavy atom. The van der Waals surface area contributed by atoms with E-state index in [9.17, 15) is 17.6 Å². The van der Waals surface area contributed by atoms with Crippen molar-refractivity contribution >= 4 is 21.1 Å². The third-order valence-corrected chi connectivity index (χ3v) is 5.26. The van der Waals surface area contributed by atoms with Crippen LogP contribution in [-0.4, -0.2) is 19.9 Å². The highest BCUT2D eigenvalue weighted by Crippen LogP contribution is 2.16. The average Bonchev–Trinajstić information content (AvgIpc) is 2.95. The molecular formula is C17H17FN2O4S. The van der Waals surface area contributed by atoms with E-state index in [2.05, 4.69) is 9.71 Å². The van der Waals surface area contributed by atoms with E-state index >= 15 is 0 Å². The standard InChI is InChI=1S/C17H17FN2O4S/c18-13-6-4-12(5-7-13)3-1-2-10-19-25(22,23)14-8-9-15-16(11-14)24-17(21)20-15/h4-9,11,19H,1-3,10H2,(H,20,21). The molecule has 0 spiro atoms. The number of benzene rings is 2. The molecule has 3 rings (SSSR count). The van der Waals surface area contributed by atoms with E-state index < -0.39 is 15.8 Å². The molecule has 0 saturated heterocycles. The number of rotatable bonds is 7. The topological polar surface area (TPSA) is 92.2 Å². The van der Waals surface area contributed by atoms with Crippen LogP contribution in [0.1, 0.15) is 18.4 Å². The lowest BCUT2D eigenvalue weighted by Crippen LogP contribution is -2.24. The smallest absolute Gasteiger partial charge is 0.408 e. The Morgan fingerprint density at radius 3 is 2.60 bits per heavy atom. The summed E-state index contributed by atoms with van der Waals surface area (Å²) < 4.78 is 44.8. The number of nitrogens with one attached hydrogen (secondary N) is 2. The van der Waals surface area contributed by atoms with Gasteiger partial charge in [0.05, 0.1) is 10.4 Å². The molecule has 0 unspecified atom stereocenters. The average molecular weight is 364 g/mol. The normalized spacial score (nSPS) is 11.9. The highest BCUT2D eigenvalue weighted by Gasteiger charge is 2.15. The molecule has 132 valence electrons. The summed E-state index contributed by atoms with van der Waals surface area (Å²) in [5.41, 5.74) is 1.66. The fourth-order valence-corrected chi connectivity index (χ4v) is 3.58. The molecule has 1 aromatic heterocycles. The Kier molecular flexibility index (Phi) is 5.00. The number of aromatic amines is 1. The van der Waals surface area contributed by atoms with Gasteiger partial charge in [0.15, 0.2) is 5.58 Å². The molecule has 2 N–H and O–H groups in total. The van der Waals surface area contributed by atoms with Gasteiger partial charge >= 0.3 is 5.76 Å². The number of unbranched alkanes of at least 4 members (excludes halogenated alkanes) is 1. The van der Waals surface area contributed by atoms with Crippen LogP contribution in [0.3, 0.4) is 0 Å². The summed E-state index contributed by atoms with van der Waals surface area (Å²) in [4.78, 5) is 13.6. The number of fused-ring (bicyclic) bond motifs is 1. The van der Waals surface area contributed by atoms with Crippen molar-refractivity contribution in [3.63, 3.8) is 0 Å². The van der Waals surface area contributed by atoms with Gasteiger partial charge < -0.3 is 4.42 Å². The van der Waals surface area contributed by atoms with Crippen molar-refractivity contribution in [1.29, 1.82) is 0 Å². The number of hydrogen-bond donors (Lipinski definition) is 2. The van der Waals surface area contributed by atoms with E-state index in [1.165, 1.54) is 30.3 Å². The number of H-pyrrole nitrogens is 1. The maximum absolute atomic E-state index is 12.8. The van der Waals surface area contributed by atoms with Gasteiger partial charge in [0, 0.05) is 12.6 Å². The van der Waals surface area contributed by atoms with Gasteiger partial charge in [0.25, 0.3) is 0 Å². The first-order valence-electron chi connectivity index (χ1n) is 7.81. The minimum Gasteiger partial charge on any atom is -0.408 e. The molecule has 0 radical (unpaired) electrons. The maximum Gasteiger partial charge on any atom is 0.417 e. The summed E-state index contributed by atoms with van der Waals surface area (Å²) in [6.45, 7) is 0.290. The van der Waals surface area contributed by atoms with E-state index in [4.69, 9.17) is 4.42 Å². The molecule has 3 aromatic rings. The number of halogens is 1. The van der Waals surface area contributed by atoms with E-state index in [0.717, 1.165) is 18.4 Å². The van der Waals surface area contributed by atoms with Crippen molar-refractivity contribution in [2.24, 2.45) is 0 Å². The number of aryl methyl sites for hydroxylation is 1. The Labute approximate surface area is 143 Å². The van der Waals surface area contributed by atoms with Crippen LogP contribution in [0, 0.1) is 5.82 Å². The molecule has 0 aliphatic rings. The van der Waals surface area contributed by atoms with Crippen LogP contribution in [0.4, 0.5) is 4.39 Å². The molecule has 0 amide bonds. The van der Waals surface area contributed by atoms with E-state index in [-0.39, 0.29) is 16.3 Å². The third-order valence-electron chi connectivity index (χ3n) is 3.80. The van der Waals surface area contributed by atoms with Crippen molar-refractivity contribution in [1.82, 2.24) is 9.71 Å². The van der Waals surface area contributed by atoms with Crippen LogP contribution >= 0.6 is 0 Å². The summed E-state index contributed by atoms with van der Waals surface area (Å²) in [6, 6.07) is 10.5. The van der Waals surface area contributed by atoms with Gasteiger partial charge in [-0.2, -0.15) is 0 Å². The van der Waals surface area contributed by atoms with Gasteiger partial charge in [-0.25, -0.2) is 22.3 Å². The molecule has 25 heavy (non-hydrogen) atoms. The first kappa shape index (κ1) is 17.4. The highest BCUT2D eigenvalue weighted by atomic mass is 32.2. The van der Waals surface area contributed by atoms with Crippen molar-refractivity contribution < 1.29 is 17.2 Å². The van der Waals surface area contributed by atoms with Crippen molar-refractivity contribution in [2.45, 2.75) is 24.2 Å². The predicted molar refractivity (Wildman–Crippen MR) is 91.4 cm³/mol. The molecule has 6 nitrogen and oxygen atoms in total. The first-order valence-corrected chi connectivity index (χ1v) is 9.29. The molecule has 8 heteroatoms. The number of hydrogen-bond acceptors (Lipinski definition) is 4. The zero-order valence-electron chi connectivity index (χ0n) is 13.3. The minimum atomic E-state index is -3.67. The van der Waals surface area contributed by atoms with Gasteiger partial charge in [-0.15, -0.1) is 0 Å². The van der Waals surface area contributed by atoms with E-state index in [1.807, 2.05) is 0 Å². The van der Waals surface area contributed by atoms with Gasteiger partial charge in [-0.1, -0.05) is 12.1 Å². The molecule has 1 heterocycles. The van der Waals surface area contributed by atoms with Gasteiger partial charge in [0.2, 0.25) is 10.0 Å². The van der Waals surface area contributed by atoms with Crippen LogP contribution in [0.25, 0.3) is 11.1 Å². The fraction of sp³-hybridized carbons (Fsp3) is 0.235. The zero-order chi connectivity index (χ0) is 17.9.